The summed E-state index contributed by atoms with van der Waals surface area (Å²) >= 11 is 6.02. The average Bonchev–Trinajstić information content (AvgIpc) is 2.59. The van der Waals surface area contributed by atoms with E-state index in [1.807, 2.05) is 32.0 Å². The molecule has 26 heavy (non-hydrogen) atoms. The maximum absolute atomic E-state index is 12.9. The molecule has 134 valence electrons. The zero-order valence-electron chi connectivity index (χ0n) is 14.9. The van der Waals surface area contributed by atoms with Crippen molar-refractivity contribution in [1.29, 1.82) is 0 Å². The van der Waals surface area contributed by atoms with Crippen LogP contribution in [-0.4, -0.2) is 20.8 Å². The van der Waals surface area contributed by atoms with Crippen molar-refractivity contribution in [3.8, 4) is 0 Å². The molecule has 0 radical (unpaired) electrons. The predicted molar refractivity (Wildman–Crippen MR) is 104 cm³/mol. The van der Waals surface area contributed by atoms with Gasteiger partial charge >= 0.3 is 0 Å². The Morgan fingerprint density at radius 3 is 2.69 bits per heavy atom. The molecule has 1 aromatic rings. The van der Waals surface area contributed by atoms with Gasteiger partial charge in [-0.3, -0.25) is 4.79 Å². The molecule has 2 aliphatic rings. The standard InChI is InChI=1S/C21H21ClN2O2/c1-13(2)14(3)18-12-23-8-9-24(11-16-6-5-7-17(22)10-16)21(26)19(23)20(25)15(18)4/h5-10,12-13,25H,3-4,11H2,1-2H3. The van der Waals surface area contributed by atoms with Crippen LogP contribution in [0.25, 0.3) is 0 Å². The highest BCUT2D eigenvalue weighted by atomic mass is 35.5. The van der Waals surface area contributed by atoms with Crippen molar-refractivity contribution < 1.29 is 9.90 Å². The topological polar surface area (TPSA) is 43.8 Å². The first kappa shape index (κ1) is 18.1. The van der Waals surface area contributed by atoms with Gasteiger partial charge in [-0.05, 0) is 29.2 Å². The molecule has 0 atom stereocenters. The van der Waals surface area contributed by atoms with Gasteiger partial charge in [-0.15, -0.1) is 0 Å². The second-order valence-corrected chi connectivity index (χ2v) is 7.10. The lowest BCUT2D eigenvalue weighted by atomic mass is 9.89. The number of hydrogen-bond acceptors (Lipinski definition) is 3. The first-order chi connectivity index (χ1) is 12.3. The average molecular weight is 369 g/mol. The fourth-order valence-corrected chi connectivity index (χ4v) is 3.12. The number of halogens is 1. The van der Waals surface area contributed by atoms with Crippen molar-refractivity contribution in [1.82, 2.24) is 9.80 Å². The third-order valence-corrected chi connectivity index (χ3v) is 4.75. The second kappa shape index (κ2) is 6.89. The van der Waals surface area contributed by atoms with E-state index < -0.39 is 0 Å². The van der Waals surface area contributed by atoms with E-state index in [1.165, 1.54) is 4.90 Å². The number of fused-ring (bicyclic) bond motifs is 1. The van der Waals surface area contributed by atoms with E-state index >= 15 is 0 Å². The molecular weight excluding hydrogens is 348 g/mol. The fourth-order valence-electron chi connectivity index (χ4n) is 2.90. The maximum Gasteiger partial charge on any atom is 0.279 e. The van der Waals surface area contributed by atoms with Gasteiger partial charge in [-0.25, -0.2) is 0 Å². The predicted octanol–water partition coefficient (Wildman–Crippen LogP) is 4.89. The molecule has 3 rings (SSSR count). The molecule has 0 saturated heterocycles. The fraction of sp³-hybridized carbons (Fsp3) is 0.190. The molecule has 5 heteroatoms. The number of amides is 1. The van der Waals surface area contributed by atoms with Crippen LogP contribution in [0.1, 0.15) is 19.4 Å². The Labute approximate surface area is 158 Å². The minimum absolute atomic E-state index is 0.116. The van der Waals surface area contributed by atoms with Gasteiger partial charge in [-0.1, -0.05) is 50.7 Å². The molecule has 0 aliphatic carbocycles. The highest BCUT2D eigenvalue weighted by molar-refractivity contribution is 6.30. The summed E-state index contributed by atoms with van der Waals surface area (Å²) in [6.45, 7) is 12.4. The molecule has 0 saturated carbocycles. The monoisotopic (exact) mass is 368 g/mol. The number of aliphatic hydroxyl groups is 1. The van der Waals surface area contributed by atoms with Gasteiger partial charge < -0.3 is 14.9 Å². The lowest BCUT2D eigenvalue weighted by Crippen LogP contribution is -2.38. The summed E-state index contributed by atoms with van der Waals surface area (Å²) in [5.41, 5.74) is 3.13. The van der Waals surface area contributed by atoms with Crippen LogP contribution in [0.2, 0.25) is 5.02 Å². The molecule has 2 aliphatic heterocycles. The van der Waals surface area contributed by atoms with Crippen LogP contribution in [0.15, 0.2) is 84.2 Å². The Kier molecular flexibility index (Phi) is 4.79. The second-order valence-electron chi connectivity index (χ2n) is 6.67. The van der Waals surface area contributed by atoms with Crippen molar-refractivity contribution in [2.75, 3.05) is 0 Å². The number of benzene rings is 1. The van der Waals surface area contributed by atoms with E-state index in [-0.39, 0.29) is 23.3 Å². The third kappa shape index (κ3) is 3.20. The molecular formula is C21H21ClN2O2. The first-order valence-corrected chi connectivity index (χ1v) is 8.73. The van der Waals surface area contributed by atoms with Crippen molar-refractivity contribution in [2.24, 2.45) is 5.92 Å². The van der Waals surface area contributed by atoms with Crippen molar-refractivity contribution >= 4 is 17.5 Å². The van der Waals surface area contributed by atoms with Crippen LogP contribution in [0, 0.1) is 5.92 Å². The number of nitrogens with zero attached hydrogens (tertiary/aromatic N) is 2. The molecule has 1 N–H and O–H groups in total. The zero-order chi connectivity index (χ0) is 19.0. The van der Waals surface area contributed by atoms with E-state index in [0.29, 0.717) is 17.1 Å². The zero-order valence-corrected chi connectivity index (χ0v) is 15.6. The molecule has 0 spiro atoms. The molecule has 0 unspecified atom stereocenters. The van der Waals surface area contributed by atoms with Gasteiger partial charge in [0.05, 0.1) is 6.54 Å². The molecule has 2 heterocycles. The minimum atomic E-state index is -0.295. The van der Waals surface area contributed by atoms with E-state index in [2.05, 4.69) is 13.2 Å². The smallest absolute Gasteiger partial charge is 0.279 e. The Bertz CT molecular complexity index is 893. The quantitative estimate of drug-likeness (QED) is 0.822. The summed E-state index contributed by atoms with van der Waals surface area (Å²) in [4.78, 5) is 16.1. The van der Waals surface area contributed by atoms with Crippen LogP contribution in [0.3, 0.4) is 0 Å². The first-order valence-electron chi connectivity index (χ1n) is 8.35. The van der Waals surface area contributed by atoms with Crippen molar-refractivity contribution in [3.05, 3.63) is 94.8 Å². The number of aliphatic hydroxyl groups excluding tert-OH is 1. The summed E-state index contributed by atoms with van der Waals surface area (Å²) in [5.74, 6) is -0.206. The molecule has 1 amide bonds. The van der Waals surface area contributed by atoms with Gasteiger partial charge in [-0.2, -0.15) is 0 Å². The van der Waals surface area contributed by atoms with E-state index in [0.717, 1.165) is 16.7 Å². The van der Waals surface area contributed by atoms with Crippen LogP contribution in [-0.2, 0) is 11.3 Å². The van der Waals surface area contributed by atoms with Crippen LogP contribution >= 0.6 is 11.6 Å². The molecule has 0 aromatic heterocycles. The third-order valence-electron chi connectivity index (χ3n) is 4.52. The Hall–Kier alpha value is -2.72. The number of rotatable bonds is 4. The van der Waals surface area contributed by atoms with Crippen molar-refractivity contribution in [3.63, 3.8) is 0 Å². The maximum atomic E-state index is 12.9. The Balaban J connectivity index is 1.93. The molecule has 4 nitrogen and oxygen atoms in total. The van der Waals surface area contributed by atoms with Gasteiger partial charge in [0.2, 0.25) is 0 Å². The van der Waals surface area contributed by atoms with E-state index in [9.17, 15) is 9.90 Å². The Morgan fingerprint density at radius 2 is 2.04 bits per heavy atom. The van der Waals surface area contributed by atoms with Crippen LogP contribution in [0.4, 0.5) is 0 Å². The van der Waals surface area contributed by atoms with E-state index in [1.54, 1.807) is 29.6 Å². The minimum Gasteiger partial charge on any atom is -0.505 e. The van der Waals surface area contributed by atoms with E-state index in [4.69, 9.17) is 11.6 Å². The number of carbonyl (C=O) groups excluding carboxylic acids is 1. The van der Waals surface area contributed by atoms with Gasteiger partial charge in [0.1, 0.15) is 0 Å². The van der Waals surface area contributed by atoms with Crippen LogP contribution in [0.5, 0.6) is 0 Å². The molecule has 1 aromatic carbocycles. The largest absolute Gasteiger partial charge is 0.505 e. The summed E-state index contributed by atoms with van der Waals surface area (Å²) in [6, 6.07) is 7.34. The van der Waals surface area contributed by atoms with Gasteiger partial charge in [0, 0.05) is 34.8 Å². The SMILES string of the molecule is C=C1C(C(=C)C(C)C)=CN2C=CN(Cc3cccc(Cl)c3)C(=O)C2=C1O. The lowest BCUT2D eigenvalue weighted by molar-refractivity contribution is -0.127. The summed E-state index contributed by atoms with van der Waals surface area (Å²) in [5, 5.41) is 11.2. The molecule has 0 fully saturated rings. The Morgan fingerprint density at radius 1 is 1.31 bits per heavy atom. The lowest BCUT2D eigenvalue weighted by Gasteiger charge is -2.34. The highest BCUT2D eigenvalue weighted by Crippen LogP contribution is 2.36. The summed E-state index contributed by atoms with van der Waals surface area (Å²) in [7, 11) is 0. The normalized spacial score (nSPS) is 17.0. The highest BCUT2D eigenvalue weighted by Gasteiger charge is 2.33. The number of carbonyl (C=O) groups is 1. The van der Waals surface area contributed by atoms with Crippen molar-refractivity contribution in [2.45, 2.75) is 20.4 Å². The summed E-state index contributed by atoms with van der Waals surface area (Å²) < 4.78 is 0. The van der Waals surface area contributed by atoms with Crippen LogP contribution < -0.4 is 0 Å². The molecule has 0 bridgehead atoms. The number of hydrogen-bond donors (Lipinski definition) is 1. The summed E-state index contributed by atoms with van der Waals surface area (Å²) in [6.07, 6.45) is 5.24. The van der Waals surface area contributed by atoms with Gasteiger partial charge in [0.25, 0.3) is 5.91 Å². The number of allylic oxidation sites excluding steroid dienone is 2. The van der Waals surface area contributed by atoms with Gasteiger partial charge in [0.15, 0.2) is 11.5 Å².